The number of aromatic nitrogens is 1. The Kier molecular flexibility index (Phi) is 4.67. The molecule has 1 aliphatic rings. The summed E-state index contributed by atoms with van der Waals surface area (Å²) in [6, 6.07) is 1.67. The molecule has 1 aromatic rings. The van der Waals surface area contributed by atoms with E-state index in [0.29, 0.717) is 18.1 Å². The van der Waals surface area contributed by atoms with E-state index in [2.05, 4.69) is 24.1 Å². The van der Waals surface area contributed by atoms with E-state index in [1.54, 1.807) is 0 Å². The number of carbonyl (C=O) groups is 1. The van der Waals surface area contributed by atoms with Gasteiger partial charge in [0.2, 0.25) is 0 Å². The van der Waals surface area contributed by atoms with Gasteiger partial charge in [-0.15, -0.1) is 0 Å². The molecule has 116 valence electrons. The predicted octanol–water partition coefficient (Wildman–Crippen LogP) is 2.51. The monoisotopic (exact) mass is 293 g/mol. The molecule has 2 heterocycles. The highest BCUT2D eigenvalue weighted by Gasteiger charge is 2.34. The fourth-order valence-electron chi connectivity index (χ4n) is 2.81. The van der Waals surface area contributed by atoms with Gasteiger partial charge in [0.25, 0.3) is 0 Å². The average molecular weight is 293 g/mol. The lowest BCUT2D eigenvalue weighted by molar-refractivity contribution is -0.0864. The van der Waals surface area contributed by atoms with E-state index in [9.17, 15) is 4.79 Å². The molecule has 1 atom stereocenters. The van der Waals surface area contributed by atoms with E-state index in [0.717, 1.165) is 25.7 Å². The maximum Gasteiger partial charge on any atom is 0.337 e. The lowest BCUT2D eigenvalue weighted by atomic mass is 9.86. The van der Waals surface area contributed by atoms with Gasteiger partial charge in [0.15, 0.2) is 0 Å². The second kappa shape index (κ2) is 6.30. The first-order valence-electron chi connectivity index (χ1n) is 7.39. The molecule has 1 aromatic heterocycles. The topological polar surface area (TPSA) is 97.5 Å². The number of anilines is 2. The summed E-state index contributed by atoms with van der Waals surface area (Å²) in [5, 5.41) is 12.3. The first-order chi connectivity index (χ1) is 9.99. The summed E-state index contributed by atoms with van der Waals surface area (Å²) in [6.45, 7) is 4.99. The molecule has 0 amide bonds. The predicted molar refractivity (Wildman–Crippen MR) is 81.5 cm³/mol. The fraction of sp³-hybridized carbons (Fsp3) is 0.600. The Morgan fingerprint density at radius 2 is 2.29 bits per heavy atom. The smallest absolute Gasteiger partial charge is 0.337 e. The zero-order valence-corrected chi connectivity index (χ0v) is 12.6. The van der Waals surface area contributed by atoms with Crippen LogP contribution in [0, 0.1) is 0 Å². The summed E-state index contributed by atoms with van der Waals surface area (Å²) in [5.74, 6) is -0.476. The van der Waals surface area contributed by atoms with Crippen LogP contribution >= 0.6 is 0 Å². The van der Waals surface area contributed by atoms with Gasteiger partial charge in [-0.2, -0.15) is 0 Å². The molecular weight excluding hydrogens is 270 g/mol. The van der Waals surface area contributed by atoms with E-state index in [-0.39, 0.29) is 17.2 Å². The number of carboxylic acids is 1. The maximum absolute atomic E-state index is 10.9. The first-order valence-corrected chi connectivity index (χ1v) is 7.39. The number of hydrogen-bond acceptors (Lipinski definition) is 5. The van der Waals surface area contributed by atoms with Gasteiger partial charge in [0.05, 0.1) is 16.9 Å². The van der Waals surface area contributed by atoms with Crippen molar-refractivity contribution in [2.75, 3.05) is 17.7 Å². The minimum atomic E-state index is -1.03. The lowest BCUT2D eigenvalue weighted by Crippen LogP contribution is -2.43. The van der Waals surface area contributed by atoms with Crippen LogP contribution in [0.3, 0.4) is 0 Å². The summed E-state index contributed by atoms with van der Waals surface area (Å²) in [7, 11) is 0. The summed E-state index contributed by atoms with van der Waals surface area (Å²) in [4.78, 5) is 15.0. The van der Waals surface area contributed by atoms with Gasteiger partial charge in [-0.3, -0.25) is 0 Å². The minimum Gasteiger partial charge on any atom is -0.478 e. The Morgan fingerprint density at radius 3 is 2.86 bits per heavy atom. The third-order valence-electron chi connectivity index (χ3n) is 4.29. The molecule has 1 saturated heterocycles. The summed E-state index contributed by atoms with van der Waals surface area (Å²) in [5.41, 5.74) is 6.27. The molecule has 0 spiro atoms. The summed E-state index contributed by atoms with van der Waals surface area (Å²) < 4.78 is 5.94. The van der Waals surface area contributed by atoms with Gasteiger partial charge in [-0.25, -0.2) is 9.78 Å². The van der Waals surface area contributed by atoms with Gasteiger partial charge in [-0.05, 0) is 31.7 Å². The van der Waals surface area contributed by atoms with Crippen molar-refractivity contribution in [3.63, 3.8) is 0 Å². The molecule has 1 aliphatic heterocycles. The van der Waals surface area contributed by atoms with Crippen molar-refractivity contribution >= 4 is 17.5 Å². The molecular formula is C15H23N3O3. The van der Waals surface area contributed by atoms with E-state index in [1.165, 1.54) is 12.3 Å². The van der Waals surface area contributed by atoms with Crippen LogP contribution in [0.15, 0.2) is 12.3 Å². The van der Waals surface area contributed by atoms with Crippen LogP contribution < -0.4 is 11.1 Å². The van der Waals surface area contributed by atoms with Gasteiger partial charge in [0, 0.05) is 18.8 Å². The Morgan fingerprint density at radius 1 is 1.57 bits per heavy atom. The fourth-order valence-corrected chi connectivity index (χ4v) is 2.81. The first kappa shape index (κ1) is 15.6. The van der Waals surface area contributed by atoms with Crippen molar-refractivity contribution in [2.45, 2.75) is 51.2 Å². The molecule has 1 fully saturated rings. The summed E-state index contributed by atoms with van der Waals surface area (Å²) >= 11 is 0. The molecule has 0 saturated carbocycles. The van der Waals surface area contributed by atoms with Crippen LogP contribution in [0.4, 0.5) is 11.5 Å². The highest BCUT2D eigenvalue weighted by molar-refractivity contribution is 5.89. The number of nitrogens with zero attached hydrogens (tertiary/aromatic N) is 1. The number of ether oxygens (including phenoxy) is 1. The number of nitrogens with one attached hydrogen (secondary N) is 1. The number of nitrogens with two attached hydrogens (primary N) is 1. The quantitative estimate of drug-likeness (QED) is 0.771. The Hall–Kier alpha value is -1.82. The third kappa shape index (κ3) is 3.44. The lowest BCUT2D eigenvalue weighted by Gasteiger charge is -2.40. The van der Waals surface area contributed by atoms with Crippen LogP contribution in [-0.2, 0) is 4.74 Å². The molecule has 4 N–H and O–H groups in total. The molecule has 21 heavy (non-hydrogen) atoms. The highest BCUT2D eigenvalue weighted by atomic mass is 16.5. The molecule has 0 aromatic carbocycles. The van der Waals surface area contributed by atoms with E-state index in [1.807, 2.05) is 0 Å². The number of rotatable bonds is 5. The van der Waals surface area contributed by atoms with Crippen molar-refractivity contribution in [3.8, 4) is 0 Å². The molecule has 0 radical (unpaired) electrons. The van der Waals surface area contributed by atoms with Crippen molar-refractivity contribution < 1.29 is 14.6 Å². The number of nitrogen functional groups attached to an aromatic ring is 1. The number of hydrogen-bond donors (Lipinski definition) is 3. The van der Waals surface area contributed by atoms with E-state index < -0.39 is 5.97 Å². The van der Waals surface area contributed by atoms with Crippen LogP contribution in [-0.4, -0.2) is 34.3 Å². The number of aromatic carboxylic acids is 1. The van der Waals surface area contributed by atoms with E-state index >= 15 is 0 Å². The SMILES string of the molecule is CCC1(CC)CC(Nc2ncc(C(=O)O)cc2N)CCO1. The second-order valence-electron chi connectivity index (χ2n) is 5.54. The summed E-state index contributed by atoms with van der Waals surface area (Å²) in [6.07, 6.45) is 5.07. The number of carboxylic acid groups (broad SMARTS) is 1. The maximum atomic E-state index is 10.9. The molecule has 6 heteroatoms. The molecule has 6 nitrogen and oxygen atoms in total. The van der Waals surface area contributed by atoms with Gasteiger partial charge in [0.1, 0.15) is 5.82 Å². The largest absolute Gasteiger partial charge is 0.478 e. The van der Waals surface area contributed by atoms with Gasteiger partial charge >= 0.3 is 5.97 Å². The zero-order chi connectivity index (χ0) is 15.5. The van der Waals surface area contributed by atoms with Crippen LogP contribution in [0.25, 0.3) is 0 Å². The molecule has 0 bridgehead atoms. The van der Waals surface area contributed by atoms with Crippen LogP contribution in [0.5, 0.6) is 0 Å². The minimum absolute atomic E-state index is 0.0777. The second-order valence-corrected chi connectivity index (χ2v) is 5.54. The molecule has 2 rings (SSSR count). The number of pyridine rings is 1. The average Bonchev–Trinajstić information content (AvgIpc) is 2.49. The standard InChI is InChI=1S/C15H23N3O3/c1-3-15(4-2)8-11(5-6-21-15)18-13-12(16)7-10(9-17-13)14(19)20/h7,9,11H,3-6,8,16H2,1-2H3,(H,17,18)(H,19,20). The van der Waals surface area contributed by atoms with Gasteiger partial charge < -0.3 is 20.9 Å². The zero-order valence-electron chi connectivity index (χ0n) is 12.6. The van der Waals surface area contributed by atoms with Crippen LogP contribution in [0.1, 0.15) is 49.9 Å². The van der Waals surface area contributed by atoms with Crippen molar-refractivity contribution in [3.05, 3.63) is 17.8 Å². The normalized spacial score (nSPS) is 21.0. The van der Waals surface area contributed by atoms with Crippen LogP contribution in [0.2, 0.25) is 0 Å². The van der Waals surface area contributed by atoms with Crippen molar-refractivity contribution in [1.82, 2.24) is 4.98 Å². The van der Waals surface area contributed by atoms with Gasteiger partial charge in [-0.1, -0.05) is 13.8 Å². The molecule has 0 aliphatic carbocycles. The highest BCUT2D eigenvalue weighted by Crippen LogP contribution is 2.33. The van der Waals surface area contributed by atoms with Crippen molar-refractivity contribution in [2.24, 2.45) is 0 Å². The Labute approximate surface area is 124 Å². The van der Waals surface area contributed by atoms with E-state index in [4.69, 9.17) is 15.6 Å². The molecule has 1 unspecified atom stereocenters. The Balaban J connectivity index is 2.09. The Bertz CT molecular complexity index is 515. The van der Waals surface area contributed by atoms with Crippen molar-refractivity contribution in [1.29, 1.82) is 0 Å². The third-order valence-corrected chi connectivity index (χ3v) is 4.29.